The van der Waals surface area contributed by atoms with Gasteiger partial charge in [0.05, 0.1) is 0 Å². The van der Waals surface area contributed by atoms with Crippen LogP contribution in [0.3, 0.4) is 0 Å². The van der Waals surface area contributed by atoms with Crippen LogP contribution in [0.2, 0.25) is 10.0 Å². The van der Waals surface area contributed by atoms with Crippen molar-refractivity contribution in [1.82, 2.24) is 10.2 Å². The number of hydrogen-bond donors (Lipinski definition) is 1. The van der Waals surface area contributed by atoms with Crippen LogP contribution >= 0.6 is 23.2 Å². The third-order valence-corrected chi connectivity index (χ3v) is 4.72. The number of amides is 3. The van der Waals surface area contributed by atoms with Gasteiger partial charge in [0, 0.05) is 35.4 Å². The lowest BCUT2D eigenvalue weighted by atomic mass is 10.1. The van der Waals surface area contributed by atoms with Crippen molar-refractivity contribution in [2.45, 2.75) is 6.42 Å². The number of rotatable bonds is 6. The van der Waals surface area contributed by atoms with E-state index in [2.05, 4.69) is 5.32 Å². The van der Waals surface area contributed by atoms with Crippen molar-refractivity contribution >= 4 is 40.8 Å². The maximum absolute atomic E-state index is 12.5. The fourth-order valence-electron chi connectivity index (χ4n) is 2.82. The summed E-state index contributed by atoms with van der Waals surface area (Å²) in [6.45, 7) is 1.65. The minimum atomic E-state index is -0.167. The van der Waals surface area contributed by atoms with E-state index in [0.717, 1.165) is 11.3 Å². The van der Waals surface area contributed by atoms with Crippen molar-refractivity contribution in [1.29, 1.82) is 0 Å². The maximum atomic E-state index is 12.5. The van der Waals surface area contributed by atoms with E-state index in [4.69, 9.17) is 23.2 Å². The molecule has 26 heavy (non-hydrogen) atoms. The van der Waals surface area contributed by atoms with Crippen molar-refractivity contribution in [3.05, 3.63) is 64.1 Å². The molecule has 136 valence electrons. The SMILES string of the molecule is O=C(CN1CCN(c2ccc(Cl)cc2)C1=O)NCCc1ccc(Cl)cc1. The van der Waals surface area contributed by atoms with Crippen LogP contribution in [0.4, 0.5) is 10.5 Å². The van der Waals surface area contributed by atoms with Crippen LogP contribution in [0.15, 0.2) is 48.5 Å². The fourth-order valence-corrected chi connectivity index (χ4v) is 3.07. The smallest absolute Gasteiger partial charge is 0.325 e. The van der Waals surface area contributed by atoms with E-state index in [9.17, 15) is 9.59 Å². The quantitative estimate of drug-likeness (QED) is 0.817. The molecule has 0 saturated carbocycles. The molecule has 0 atom stereocenters. The van der Waals surface area contributed by atoms with Crippen molar-refractivity contribution in [3.8, 4) is 0 Å². The van der Waals surface area contributed by atoms with Crippen LogP contribution in [-0.4, -0.2) is 43.0 Å². The average molecular weight is 392 g/mol. The van der Waals surface area contributed by atoms with Crippen molar-refractivity contribution < 1.29 is 9.59 Å². The number of anilines is 1. The zero-order valence-corrected chi connectivity index (χ0v) is 15.6. The number of benzene rings is 2. The first-order valence-electron chi connectivity index (χ1n) is 8.36. The highest BCUT2D eigenvalue weighted by Crippen LogP contribution is 2.22. The summed E-state index contributed by atoms with van der Waals surface area (Å²) in [6.07, 6.45) is 0.716. The van der Waals surface area contributed by atoms with Gasteiger partial charge in [0.2, 0.25) is 5.91 Å². The highest BCUT2D eigenvalue weighted by molar-refractivity contribution is 6.30. The molecule has 0 spiro atoms. The van der Waals surface area contributed by atoms with E-state index >= 15 is 0 Å². The van der Waals surface area contributed by atoms with Crippen LogP contribution in [0.1, 0.15) is 5.56 Å². The molecule has 0 aromatic heterocycles. The molecule has 3 amide bonds. The summed E-state index contributed by atoms with van der Waals surface area (Å²) in [6, 6.07) is 14.4. The van der Waals surface area contributed by atoms with Gasteiger partial charge in [-0.3, -0.25) is 9.69 Å². The van der Waals surface area contributed by atoms with E-state index in [0.29, 0.717) is 36.1 Å². The summed E-state index contributed by atoms with van der Waals surface area (Å²) in [5.41, 5.74) is 1.88. The molecule has 2 aromatic rings. The van der Waals surface area contributed by atoms with E-state index in [-0.39, 0.29) is 18.5 Å². The zero-order valence-electron chi connectivity index (χ0n) is 14.1. The van der Waals surface area contributed by atoms with Gasteiger partial charge in [0.15, 0.2) is 0 Å². The minimum absolute atomic E-state index is 0.0591. The summed E-state index contributed by atoms with van der Waals surface area (Å²) in [7, 11) is 0. The lowest BCUT2D eigenvalue weighted by molar-refractivity contribution is -0.121. The number of nitrogens with one attached hydrogen (secondary N) is 1. The lowest BCUT2D eigenvalue weighted by Crippen LogP contribution is -2.40. The van der Waals surface area contributed by atoms with Gasteiger partial charge < -0.3 is 10.2 Å². The number of urea groups is 1. The van der Waals surface area contributed by atoms with E-state index in [1.54, 1.807) is 34.1 Å². The first-order chi connectivity index (χ1) is 12.5. The summed E-state index contributed by atoms with van der Waals surface area (Å²) in [5.74, 6) is -0.162. The molecule has 2 aromatic carbocycles. The molecule has 0 aliphatic carbocycles. The Morgan fingerprint density at radius 1 is 0.962 bits per heavy atom. The van der Waals surface area contributed by atoms with Gasteiger partial charge in [-0.1, -0.05) is 35.3 Å². The molecule has 7 heteroatoms. The molecule has 1 saturated heterocycles. The van der Waals surface area contributed by atoms with Crippen LogP contribution in [0.25, 0.3) is 0 Å². The Morgan fingerprint density at radius 3 is 2.23 bits per heavy atom. The molecule has 1 fully saturated rings. The van der Waals surface area contributed by atoms with Crippen molar-refractivity contribution in [2.24, 2.45) is 0 Å². The molecule has 0 bridgehead atoms. The van der Waals surface area contributed by atoms with E-state index < -0.39 is 0 Å². The predicted octanol–water partition coefficient (Wildman–Crippen LogP) is 3.59. The Balaban J connectivity index is 1.46. The molecular weight excluding hydrogens is 373 g/mol. The second-order valence-electron chi connectivity index (χ2n) is 6.06. The summed E-state index contributed by atoms with van der Waals surface area (Å²) in [5, 5.41) is 4.17. The van der Waals surface area contributed by atoms with E-state index in [1.165, 1.54) is 0 Å². The molecule has 3 rings (SSSR count). The Morgan fingerprint density at radius 2 is 1.58 bits per heavy atom. The standard InChI is InChI=1S/C19H19Cl2N3O2/c20-15-3-1-14(2-4-15)9-10-22-18(25)13-23-11-12-24(19(23)26)17-7-5-16(21)6-8-17/h1-8H,9-13H2,(H,22,25). The minimum Gasteiger partial charge on any atom is -0.354 e. The average Bonchev–Trinajstić information content (AvgIpc) is 2.98. The highest BCUT2D eigenvalue weighted by Gasteiger charge is 2.30. The van der Waals surface area contributed by atoms with Crippen molar-refractivity contribution in [3.63, 3.8) is 0 Å². The zero-order chi connectivity index (χ0) is 18.5. The first kappa shape index (κ1) is 18.5. The third kappa shape index (κ3) is 4.68. The molecule has 5 nitrogen and oxygen atoms in total. The fraction of sp³-hybridized carbons (Fsp3) is 0.263. The predicted molar refractivity (Wildman–Crippen MR) is 104 cm³/mol. The largest absolute Gasteiger partial charge is 0.354 e. The van der Waals surface area contributed by atoms with Gasteiger partial charge in [-0.15, -0.1) is 0 Å². The molecular formula is C19H19Cl2N3O2. The summed E-state index contributed by atoms with van der Waals surface area (Å²) in [4.78, 5) is 27.8. The first-order valence-corrected chi connectivity index (χ1v) is 9.12. The number of nitrogens with zero attached hydrogens (tertiary/aromatic N) is 2. The number of halogens is 2. The summed E-state index contributed by atoms with van der Waals surface area (Å²) >= 11 is 11.7. The number of carbonyl (C=O) groups excluding carboxylic acids is 2. The lowest BCUT2D eigenvalue weighted by Gasteiger charge is -2.18. The second kappa shape index (κ2) is 8.43. The molecule has 1 heterocycles. The van der Waals surface area contributed by atoms with Crippen LogP contribution in [0.5, 0.6) is 0 Å². The molecule has 1 aliphatic rings. The normalized spacial score (nSPS) is 14.0. The molecule has 0 radical (unpaired) electrons. The Labute approximate surface area is 162 Å². The third-order valence-electron chi connectivity index (χ3n) is 4.22. The Hall–Kier alpha value is -2.24. The molecule has 1 aliphatic heterocycles. The van der Waals surface area contributed by atoms with Gasteiger partial charge in [-0.05, 0) is 48.4 Å². The summed E-state index contributed by atoms with van der Waals surface area (Å²) < 4.78 is 0. The van der Waals surface area contributed by atoms with Crippen LogP contribution in [-0.2, 0) is 11.2 Å². The van der Waals surface area contributed by atoms with E-state index in [1.807, 2.05) is 24.3 Å². The molecule has 0 unspecified atom stereocenters. The van der Waals surface area contributed by atoms with Gasteiger partial charge in [0.1, 0.15) is 6.54 Å². The Kier molecular flexibility index (Phi) is 6.01. The maximum Gasteiger partial charge on any atom is 0.325 e. The molecule has 1 N–H and O–H groups in total. The monoisotopic (exact) mass is 391 g/mol. The highest BCUT2D eigenvalue weighted by atomic mass is 35.5. The van der Waals surface area contributed by atoms with Gasteiger partial charge >= 0.3 is 6.03 Å². The van der Waals surface area contributed by atoms with Crippen LogP contribution < -0.4 is 10.2 Å². The van der Waals surface area contributed by atoms with Crippen molar-refractivity contribution in [2.75, 3.05) is 31.1 Å². The Bertz CT molecular complexity index is 778. The topological polar surface area (TPSA) is 52.7 Å². The van der Waals surface area contributed by atoms with Gasteiger partial charge in [-0.25, -0.2) is 4.79 Å². The van der Waals surface area contributed by atoms with Gasteiger partial charge in [-0.2, -0.15) is 0 Å². The van der Waals surface area contributed by atoms with Gasteiger partial charge in [0.25, 0.3) is 0 Å². The number of hydrogen-bond acceptors (Lipinski definition) is 2. The number of carbonyl (C=O) groups is 2. The van der Waals surface area contributed by atoms with Crippen LogP contribution in [0, 0.1) is 0 Å². The second-order valence-corrected chi connectivity index (χ2v) is 6.93.